The minimum Gasteiger partial charge on any atom is -0.266 e. The van der Waals surface area contributed by atoms with Gasteiger partial charge in [-0.2, -0.15) is 5.10 Å². The van der Waals surface area contributed by atoms with Crippen molar-refractivity contribution in [2.24, 2.45) is 0 Å². The highest BCUT2D eigenvalue weighted by atomic mass is 35.5. The summed E-state index contributed by atoms with van der Waals surface area (Å²) in [4.78, 5) is 19.9. The van der Waals surface area contributed by atoms with E-state index in [4.69, 9.17) is 11.6 Å². The highest BCUT2D eigenvalue weighted by molar-refractivity contribution is 6.32. The number of nitro groups is 1. The van der Waals surface area contributed by atoms with E-state index in [-0.39, 0.29) is 0 Å². The number of aromatic amines is 1. The van der Waals surface area contributed by atoms with Crippen molar-refractivity contribution in [2.75, 3.05) is 0 Å². The summed E-state index contributed by atoms with van der Waals surface area (Å²) in [6.07, 6.45) is 0.879. The van der Waals surface area contributed by atoms with Crippen molar-refractivity contribution in [3.05, 3.63) is 31.7 Å². The molecule has 7 heteroatoms. The van der Waals surface area contributed by atoms with Crippen LogP contribution in [0.4, 0.5) is 5.69 Å². The fourth-order valence-electron chi connectivity index (χ4n) is 0.501. The Morgan fingerprint density at radius 1 is 1.73 bits per heavy atom. The van der Waals surface area contributed by atoms with E-state index in [9.17, 15) is 14.9 Å². The molecule has 0 spiro atoms. The summed E-state index contributed by atoms with van der Waals surface area (Å²) >= 11 is 5.26. The Morgan fingerprint density at radius 2 is 2.36 bits per heavy atom. The molecule has 0 fully saturated rings. The number of halogens is 1. The van der Waals surface area contributed by atoms with Crippen LogP contribution in [0.3, 0.4) is 0 Å². The first kappa shape index (κ1) is 7.67. The van der Waals surface area contributed by atoms with Gasteiger partial charge in [0, 0.05) is 0 Å². The Labute approximate surface area is 65.0 Å². The van der Waals surface area contributed by atoms with E-state index in [1.807, 2.05) is 5.10 Å². The largest absolute Gasteiger partial charge is 0.313 e. The van der Waals surface area contributed by atoms with Crippen LogP contribution < -0.4 is 5.56 Å². The van der Waals surface area contributed by atoms with Crippen LogP contribution in [0.2, 0.25) is 5.02 Å². The molecule has 0 saturated carbocycles. The molecule has 0 radical (unpaired) electrons. The van der Waals surface area contributed by atoms with E-state index in [2.05, 4.69) is 5.10 Å². The summed E-state index contributed by atoms with van der Waals surface area (Å²) < 4.78 is 0. The number of hydrogen-bond donors (Lipinski definition) is 1. The molecule has 58 valence electrons. The summed E-state index contributed by atoms with van der Waals surface area (Å²) in [5.74, 6) is 0. The number of rotatable bonds is 1. The van der Waals surface area contributed by atoms with Gasteiger partial charge in [0.15, 0.2) is 5.02 Å². The van der Waals surface area contributed by atoms with Crippen molar-refractivity contribution in [1.82, 2.24) is 10.2 Å². The van der Waals surface area contributed by atoms with Crippen molar-refractivity contribution in [2.45, 2.75) is 0 Å². The molecule has 0 aliphatic heterocycles. The number of aromatic nitrogens is 2. The van der Waals surface area contributed by atoms with Crippen LogP contribution in [-0.4, -0.2) is 15.1 Å². The van der Waals surface area contributed by atoms with E-state index >= 15 is 0 Å². The lowest BCUT2D eigenvalue weighted by Gasteiger charge is -1.89. The minimum absolute atomic E-state index is 0.454. The second-order valence-corrected chi connectivity index (χ2v) is 2.03. The molecule has 1 N–H and O–H groups in total. The monoisotopic (exact) mass is 175 g/mol. The number of H-pyrrole nitrogens is 1. The van der Waals surface area contributed by atoms with E-state index in [1.54, 1.807) is 0 Å². The average Bonchev–Trinajstić information content (AvgIpc) is 1.94. The predicted molar refractivity (Wildman–Crippen MR) is 36.5 cm³/mol. The third-order valence-electron chi connectivity index (χ3n) is 0.974. The second kappa shape index (κ2) is 2.67. The zero-order chi connectivity index (χ0) is 8.43. The van der Waals surface area contributed by atoms with Crippen molar-refractivity contribution < 1.29 is 4.92 Å². The SMILES string of the molecule is O=c1[nH]ncc([N+](=O)[O-])c1Cl. The van der Waals surface area contributed by atoms with Gasteiger partial charge in [0.05, 0.1) is 4.92 Å². The number of hydrogen-bond acceptors (Lipinski definition) is 4. The van der Waals surface area contributed by atoms with Gasteiger partial charge in [0.2, 0.25) is 0 Å². The van der Waals surface area contributed by atoms with E-state index in [1.165, 1.54) is 0 Å². The van der Waals surface area contributed by atoms with Gasteiger partial charge in [-0.05, 0) is 0 Å². The maximum atomic E-state index is 10.6. The first-order valence-corrected chi connectivity index (χ1v) is 2.88. The van der Waals surface area contributed by atoms with Crippen LogP contribution in [0.25, 0.3) is 0 Å². The highest BCUT2D eigenvalue weighted by Gasteiger charge is 2.14. The van der Waals surface area contributed by atoms with Crippen molar-refractivity contribution >= 4 is 17.3 Å². The fourth-order valence-corrected chi connectivity index (χ4v) is 0.661. The van der Waals surface area contributed by atoms with Gasteiger partial charge in [-0.25, -0.2) is 5.10 Å². The second-order valence-electron chi connectivity index (χ2n) is 1.66. The topological polar surface area (TPSA) is 88.9 Å². The first-order chi connectivity index (χ1) is 5.13. The summed E-state index contributed by atoms with van der Waals surface area (Å²) in [5, 5.41) is 14.8. The van der Waals surface area contributed by atoms with E-state index in [0.717, 1.165) is 6.20 Å². The molecular formula is C4H2ClN3O3. The van der Waals surface area contributed by atoms with Crippen LogP contribution in [0, 0.1) is 10.1 Å². The van der Waals surface area contributed by atoms with E-state index < -0.39 is 21.2 Å². The zero-order valence-electron chi connectivity index (χ0n) is 5.07. The van der Waals surface area contributed by atoms with Crippen LogP contribution in [0.1, 0.15) is 0 Å². The van der Waals surface area contributed by atoms with Crippen molar-refractivity contribution in [3.63, 3.8) is 0 Å². The summed E-state index contributed by atoms with van der Waals surface area (Å²) in [7, 11) is 0. The van der Waals surface area contributed by atoms with Gasteiger partial charge in [-0.1, -0.05) is 11.6 Å². The third kappa shape index (κ3) is 1.35. The van der Waals surface area contributed by atoms with Gasteiger partial charge in [0.25, 0.3) is 5.56 Å². The lowest BCUT2D eigenvalue weighted by Crippen LogP contribution is -2.09. The number of nitrogens with zero attached hydrogens (tertiary/aromatic N) is 2. The standard InChI is InChI=1S/C4H2ClN3O3/c5-3-2(8(10)11)1-6-7-4(3)9/h1H,(H,7,9). The molecule has 1 aromatic rings. The lowest BCUT2D eigenvalue weighted by atomic mass is 10.5. The van der Waals surface area contributed by atoms with Gasteiger partial charge < -0.3 is 0 Å². The molecule has 0 aromatic carbocycles. The van der Waals surface area contributed by atoms with Crippen LogP contribution >= 0.6 is 11.6 Å². The van der Waals surface area contributed by atoms with Gasteiger partial charge >= 0.3 is 5.69 Å². The van der Waals surface area contributed by atoms with Crippen molar-refractivity contribution in [1.29, 1.82) is 0 Å². The highest BCUT2D eigenvalue weighted by Crippen LogP contribution is 2.16. The van der Waals surface area contributed by atoms with Gasteiger partial charge in [-0.15, -0.1) is 0 Å². The first-order valence-electron chi connectivity index (χ1n) is 2.50. The smallest absolute Gasteiger partial charge is 0.266 e. The van der Waals surface area contributed by atoms with Crippen LogP contribution in [0.5, 0.6) is 0 Å². The molecule has 0 bridgehead atoms. The molecule has 0 aliphatic rings. The van der Waals surface area contributed by atoms with Crippen LogP contribution in [-0.2, 0) is 0 Å². The maximum absolute atomic E-state index is 10.6. The Bertz CT molecular complexity index is 347. The quantitative estimate of drug-likeness (QED) is 0.492. The normalized spacial score (nSPS) is 9.55. The Morgan fingerprint density at radius 3 is 2.82 bits per heavy atom. The van der Waals surface area contributed by atoms with Gasteiger partial charge in [0.1, 0.15) is 6.20 Å². The Kier molecular flexibility index (Phi) is 1.86. The zero-order valence-corrected chi connectivity index (χ0v) is 5.83. The molecule has 1 heterocycles. The summed E-state index contributed by atoms with van der Waals surface area (Å²) in [6, 6.07) is 0. The lowest BCUT2D eigenvalue weighted by molar-refractivity contribution is -0.385. The molecule has 6 nitrogen and oxygen atoms in total. The van der Waals surface area contributed by atoms with Crippen LogP contribution in [0.15, 0.2) is 11.0 Å². The molecule has 0 atom stereocenters. The number of nitrogens with one attached hydrogen (secondary N) is 1. The summed E-state index contributed by atoms with van der Waals surface area (Å²) in [5.41, 5.74) is -1.25. The molecule has 0 unspecified atom stereocenters. The summed E-state index contributed by atoms with van der Waals surface area (Å²) in [6.45, 7) is 0. The Balaban J connectivity index is 3.39. The molecule has 1 rings (SSSR count). The van der Waals surface area contributed by atoms with E-state index in [0.29, 0.717) is 0 Å². The Hall–Kier alpha value is -1.43. The minimum atomic E-state index is -0.773. The fraction of sp³-hybridized carbons (Fsp3) is 0. The molecule has 0 amide bonds. The van der Waals surface area contributed by atoms with Gasteiger partial charge in [-0.3, -0.25) is 14.9 Å². The maximum Gasteiger partial charge on any atom is 0.313 e. The third-order valence-corrected chi connectivity index (χ3v) is 1.34. The molecule has 0 saturated heterocycles. The van der Waals surface area contributed by atoms with Crippen molar-refractivity contribution in [3.8, 4) is 0 Å². The molecular weight excluding hydrogens is 174 g/mol. The predicted octanol–water partition coefficient (Wildman–Crippen LogP) is 0.331. The molecule has 11 heavy (non-hydrogen) atoms. The molecule has 1 aromatic heterocycles. The molecule has 0 aliphatic carbocycles. The average molecular weight is 176 g/mol.